The molecule has 36 heavy (non-hydrogen) atoms. The van der Waals surface area contributed by atoms with Gasteiger partial charge in [0, 0.05) is 20.1 Å². The fourth-order valence-electron chi connectivity index (χ4n) is 4.47. The molecular weight excluding hydrogens is 490 g/mol. The molecule has 0 amide bonds. The number of aliphatic hydroxyl groups excluding tert-OH is 1. The van der Waals surface area contributed by atoms with Gasteiger partial charge in [0.1, 0.15) is 5.75 Å². The predicted molar refractivity (Wildman–Crippen MR) is 121 cm³/mol. The van der Waals surface area contributed by atoms with Crippen molar-refractivity contribution in [2.24, 2.45) is 7.05 Å². The van der Waals surface area contributed by atoms with E-state index in [0.717, 1.165) is 0 Å². The number of halogens is 6. The van der Waals surface area contributed by atoms with E-state index in [1.807, 2.05) is 4.90 Å². The summed E-state index contributed by atoms with van der Waals surface area (Å²) in [6.45, 7) is 1.44. The highest BCUT2D eigenvalue weighted by atomic mass is 19.4. The summed E-state index contributed by atoms with van der Waals surface area (Å²) in [6, 6.07) is 13.5. The highest BCUT2D eigenvalue weighted by molar-refractivity contribution is 5.74. The number of aryl methyl sites for hydroxylation is 2. The van der Waals surface area contributed by atoms with Crippen LogP contribution in [0.3, 0.4) is 0 Å². The topological polar surface area (TPSA) is 53.8 Å². The molecule has 1 N–H and O–H groups in total. The highest BCUT2D eigenvalue weighted by Gasteiger charge is 2.43. The van der Waals surface area contributed by atoms with Gasteiger partial charge in [0.2, 0.25) is 0 Å². The normalized spacial score (nSPS) is 17.2. The Morgan fingerprint density at radius 2 is 1.72 bits per heavy atom. The summed E-state index contributed by atoms with van der Waals surface area (Å²) >= 11 is 0. The van der Waals surface area contributed by atoms with Crippen molar-refractivity contribution >= 4 is 11.4 Å². The Hall–Kier alpha value is -3.41. The Morgan fingerprint density at radius 3 is 2.33 bits per heavy atom. The van der Waals surface area contributed by atoms with Gasteiger partial charge >= 0.3 is 12.5 Å². The van der Waals surface area contributed by atoms with Crippen LogP contribution >= 0.6 is 0 Å². The molecule has 1 aliphatic rings. The van der Waals surface area contributed by atoms with Gasteiger partial charge in [-0.1, -0.05) is 24.3 Å². The van der Waals surface area contributed by atoms with Crippen molar-refractivity contribution in [1.82, 2.24) is 9.78 Å². The van der Waals surface area contributed by atoms with Crippen molar-refractivity contribution in [3.05, 3.63) is 71.5 Å². The number of β-amino-alcohol motifs (C(OH)–C–C–N with tert-alkyl or cyclic N) is 1. The number of aromatic nitrogens is 2. The van der Waals surface area contributed by atoms with E-state index < -0.39 is 31.2 Å². The fourth-order valence-corrected chi connectivity index (χ4v) is 4.47. The second-order valence-electron chi connectivity index (χ2n) is 8.62. The first-order chi connectivity index (χ1) is 16.8. The monoisotopic (exact) mass is 514 g/mol. The molecule has 0 spiro atoms. The molecular formula is C24H24F6N4O2. The third-order valence-corrected chi connectivity index (χ3v) is 5.93. The van der Waals surface area contributed by atoms with Crippen LogP contribution in [0.5, 0.6) is 5.75 Å². The summed E-state index contributed by atoms with van der Waals surface area (Å²) in [5, 5.41) is 14.2. The van der Waals surface area contributed by atoms with Crippen LogP contribution in [0.25, 0.3) is 0 Å². The average molecular weight is 514 g/mol. The van der Waals surface area contributed by atoms with Gasteiger partial charge in [0.05, 0.1) is 35.3 Å². The number of fused-ring (bicyclic) bond motifs is 1. The van der Waals surface area contributed by atoms with Gasteiger partial charge in [-0.2, -0.15) is 18.3 Å². The predicted octanol–water partition coefficient (Wildman–Crippen LogP) is 5.12. The molecule has 0 bridgehead atoms. The minimum absolute atomic E-state index is 0.176. The molecule has 0 unspecified atom stereocenters. The van der Waals surface area contributed by atoms with Crippen molar-refractivity contribution < 1.29 is 36.2 Å². The molecule has 0 saturated heterocycles. The second kappa shape index (κ2) is 9.57. The quantitative estimate of drug-likeness (QED) is 0.463. The molecule has 0 saturated carbocycles. The number of para-hydroxylation sites is 2. The highest BCUT2D eigenvalue weighted by Crippen LogP contribution is 2.42. The number of anilines is 2. The van der Waals surface area contributed by atoms with Crippen molar-refractivity contribution in [3.8, 4) is 5.75 Å². The number of benzene rings is 2. The third kappa shape index (κ3) is 5.69. The van der Waals surface area contributed by atoms with Crippen LogP contribution in [0.2, 0.25) is 0 Å². The van der Waals surface area contributed by atoms with E-state index in [0.29, 0.717) is 28.3 Å². The molecule has 0 aliphatic carbocycles. The SMILES string of the molecule is Cc1cc([C@@H]2CN(Cc3cccc(OC(F)(F)F)c3)c3ccccc3N2C[C@@H](O)C(F)(F)F)n(C)n1. The Labute approximate surface area is 203 Å². The molecule has 4 rings (SSSR count). The maximum Gasteiger partial charge on any atom is 0.573 e. The maximum absolute atomic E-state index is 13.3. The first-order valence-corrected chi connectivity index (χ1v) is 11.0. The van der Waals surface area contributed by atoms with Crippen LogP contribution < -0.4 is 14.5 Å². The van der Waals surface area contributed by atoms with Crippen LogP contribution in [-0.2, 0) is 13.6 Å². The Kier molecular flexibility index (Phi) is 6.82. The minimum atomic E-state index is -4.83. The van der Waals surface area contributed by atoms with Gasteiger partial charge in [-0.15, -0.1) is 13.2 Å². The first kappa shape index (κ1) is 25.7. The largest absolute Gasteiger partial charge is 0.573 e. The minimum Gasteiger partial charge on any atom is -0.406 e. The molecule has 0 radical (unpaired) electrons. The Bertz CT molecular complexity index is 1210. The Morgan fingerprint density at radius 1 is 1.03 bits per heavy atom. The lowest BCUT2D eigenvalue weighted by atomic mass is 10.0. The maximum atomic E-state index is 13.3. The number of aliphatic hydroxyl groups is 1. The van der Waals surface area contributed by atoms with Crippen LogP contribution in [-0.4, -0.2) is 46.6 Å². The van der Waals surface area contributed by atoms with E-state index in [9.17, 15) is 31.4 Å². The smallest absolute Gasteiger partial charge is 0.406 e. The van der Waals surface area contributed by atoms with Gasteiger partial charge in [-0.3, -0.25) is 4.68 Å². The lowest BCUT2D eigenvalue weighted by Gasteiger charge is -2.45. The van der Waals surface area contributed by atoms with E-state index in [4.69, 9.17) is 0 Å². The van der Waals surface area contributed by atoms with Gasteiger partial charge in [0.25, 0.3) is 0 Å². The van der Waals surface area contributed by atoms with Gasteiger partial charge in [-0.05, 0) is 42.8 Å². The van der Waals surface area contributed by atoms with Crippen LogP contribution in [0.4, 0.5) is 37.7 Å². The summed E-state index contributed by atoms with van der Waals surface area (Å²) in [6.07, 6.45) is -12.2. The first-order valence-electron chi connectivity index (χ1n) is 11.0. The summed E-state index contributed by atoms with van der Waals surface area (Å²) < 4.78 is 83.6. The van der Waals surface area contributed by atoms with E-state index in [1.54, 1.807) is 55.1 Å². The molecule has 2 atom stereocenters. The van der Waals surface area contributed by atoms with Gasteiger partial charge < -0.3 is 19.6 Å². The zero-order chi connectivity index (χ0) is 26.3. The molecule has 0 fully saturated rings. The second-order valence-corrected chi connectivity index (χ2v) is 8.62. The van der Waals surface area contributed by atoms with E-state index >= 15 is 0 Å². The molecule has 194 valence electrons. The number of alkyl halides is 6. The van der Waals surface area contributed by atoms with E-state index in [-0.39, 0.29) is 18.8 Å². The van der Waals surface area contributed by atoms with Crippen molar-refractivity contribution in [3.63, 3.8) is 0 Å². The third-order valence-electron chi connectivity index (χ3n) is 5.93. The van der Waals surface area contributed by atoms with Gasteiger partial charge in [0.15, 0.2) is 6.10 Å². The van der Waals surface area contributed by atoms with Crippen molar-refractivity contribution in [1.29, 1.82) is 0 Å². The van der Waals surface area contributed by atoms with Crippen LogP contribution in [0.15, 0.2) is 54.6 Å². The number of hydrogen-bond donors (Lipinski definition) is 1. The van der Waals surface area contributed by atoms with Gasteiger partial charge in [-0.25, -0.2) is 0 Å². The molecule has 1 aromatic heterocycles. The summed E-state index contributed by atoms with van der Waals surface area (Å²) in [5.41, 5.74) is 2.87. The lowest BCUT2D eigenvalue weighted by Crippen LogP contribution is -2.49. The molecule has 2 heterocycles. The number of rotatable bonds is 6. The zero-order valence-corrected chi connectivity index (χ0v) is 19.4. The average Bonchev–Trinajstić information content (AvgIpc) is 3.11. The zero-order valence-electron chi connectivity index (χ0n) is 19.4. The lowest BCUT2D eigenvalue weighted by molar-refractivity contribution is -0.274. The number of hydrogen-bond acceptors (Lipinski definition) is 5. The molecule has 3 aromatic rings. The van der Waals surface area contributed by atoms with Crippen LogP contribution in [0, 0.1) is 6.92 Å². The van der Waals surface area contributed by atoms with E-state index in [2.05, 4.69) is 9.84 Å². The Balaban J connectivity index is 1.73. The molecule has 1 aliphatic heterocycles. The standard InChI is InChI=1S/C24H24F6N4O2/c1-15-10-20(32(2)31-15)21-13-33(12-16-6-5-7-17(11-16)36-24(28,29)30)18-8-3-4-9-19(18)34(21)14-22(35)23(25,26)27/h3-11,21-22,35H,12-14H2,1-2H3/t21-,22+/m0/s1. The van der Waals surface area contributed by atoms with Crippen molar-refractivity contribution in [2.45, 2.75) is 38.2 Å². The number of nitrogens with zero attached hydrogens (tertiary/aromatic N) is 4. The molecule has 6 nitrogen and oxygen atoms in total. The fraction of sp³-hybridized carbons (Fsp3) is 0.375. The van der Waals surface area contributed by atoms with Crippen molar-refractivity contribution in [2.75, 3.05) is 22.9 Å². The van der Waals surface area contributed by atoms with E-state index in [1.165, 1.54) is 23.1 Å². The molecule has 2 aromatic carbocycles. The summed E-state index contributed by atoms with van der Waals surface area (Å²) in [5.74, 6) is -0.362. The summed E-state index contributed by atoms with van der Waals surface area (Å²) in [7, 11) is 1.68. The molecule has 12 heteroatoms. The van der Waals surface area contributed by atoms with Crippen LogP contribution in [0.1, 0.15) is 23.0 Å². The summed E-state index contributed by atoms with van der Waals surface area (Å²) in [4.78, 5) is 3.38. The number of ether oxygens (including phenoxy) is 1.